The number of imide groups is 2. The molecule has 0 radical (unpaired) electrons. The van der Waals surface area contributed by atoms with Crippen LogP contribution in [0, 0.1) is 23.7 Å². The molecule has 4 N–H and O–H groups in total. The molecule has 3 heterocycles. The summed E-state index contributed by atoms with van der Waals surface area (Å²) >= 11 is 0. The topological polar surface area (TPSA) is 255 Å². The van der Waals surface area contributed by atoms with Crippen LogP contribution in [0.25, 0.3) is 11.5 Å². The average molecular weight is 1130 g/mol. The zero-order valence-corrected chi connectivity index (χ0v) is 49.4. The van der Waals surface area contributed by atoms with Crippen molar-refractivity contribution in [1.29, 1.82) is 0 Å². The average Bonchev–Trinajstić information content (AvgIpc) is 4.26. The Balaban J connectivity index is 1.17. The molecule has 21 nitrogen and oxygen atoms in total. The minimum Gasteiger partial charge on any atom is -0.418 e. The van der Waals surface area contributed by atoms with Crippen molar-refractivity contribution in [2.45, 2.75) is 162 Å². The Morgan fingerprint density at radius 3 is 1.95 bits per heavy atom. The number of hydrazine groups is 1. The van der Waals surface area contributed by atoms with Gasteiger partial charge < -0.3 is 24.1 Å². The van der Waals surface area contributed by atoms with Crippen molar-refractivity contribution in [2.75, 3.05) is 47.9 Å². The SMILES string of the molecule is CC[C@H](C)[C@@H]([C@@H](CC(=O)N1CCC[C@H]1[C@H](OC)[C@@H](C)C(=O)N[C@@H](Cc1ccccc1)c1nnc(-c2ccccc2)o1)OC)N(C)[C@H](C(=O)NC(=O)[C@H](C(C)C)N(C)CCCC(=O)NNC(=O)CCCCCN1C(=O)C=CC1=O)C(C)C. The molecule has 1 aromatic heterocycles. The summed E-state index contributed by atoms with van der Waals surface area (Å²) in [6.07, 6.45) is 5.87. The first kappa shape index (κ1) is 65.1. The second-order valence-corrected chi connectivity index (χ2v) is 22.3. The normalized spacial score (nSPS) is 17.5. The second-order valence-electron chi connectivity index (χ2n) is 22.3. The van der Waals surface area contributed by atoms with Gasteiger partial charge in [-0.25, -0.2) is 0 Å². The van der Waals surface area contributed by atoms with E-state index in [4.69, 9.17) is 13.9 Å². The number of carbonyl (C=O) groups excluding carboxylic acids is 8. The summed E-state index contributed by atoms with van der Waals surface area (Å²) in [5, 5.41) is 14.5. The van der Waals surface area contributed by atoms with Crippen LogP contribution in [0.3, 0.4) is 0 Å². The maximum atomic E-state index is 14.7. The van der Waals surface area contributed by atoms with Gasteiger partial charge in [0.25, 0.3) is 11.8 Å². The predicted molar refractivity (Wildman–Crippen MR) is 305 cm³/mol. The van der Waals surface area contributed by atoms with Crippen LogP contribution in [0.15, 0.2) is 77.2 Å². The van der Waals surface area contributed by atoms with Crippen LogP contribution in [0.5, 0.6) is 0 Å². The van der Waals surface area contributed by atoms with Crippen LogP contribution in [0.2, 0.25) is 0 Å². The molecule has 5 rings (SSSR count). The third-order valence-electron chi connectivity index (χ3n) is 15.7. The number of aromatic nitrogens is 2. The highest BCUT2D eigenvalue weighted by Crippen LogP contribution is 2.32. The van der Waals surface area contributed by atoms with Gasteiger partial charge in [-0.05, 0) is 88.2 Å². The van der Waals surface area contributed by atoms with Gasteiger partial charge in [-0.3, -0.25) is 69.2 Å². The van der Waals surface area contributed by atoms with Crippen molar-refractivity contribution >= 4 is 47.3 Å². The number of methoxy groups -OCH3 is 2. The number of rotatable bonds is 32. The van der Waals surface area contributed by atoms with Crippen molar-refractivity contribution in [3.8, 4) is 11.5 Å². The van der Waals surface area contributed by atoms with Crippen LogP contribution in [-0.2, 0) is 54.3 Å². The monoisotopic (exact) mass is 1120 g/mol. The van der Waals surface area contributed by atoms with Gasteiger partial charge in [0, 0.05) is 70.3 Å². The molecule has 0 spiro atoms. The fourth-order valence-electron chi connectivity index (χ4n) is 11.3. The first-order valence-electron chi connectivity index (χ1n) is 28.7. The van der Waals surface area contributed by atoms with E-state index < -0.39 is 66.1 Å². The number of nitrogens with one attached hydrogen (secondary N) is 4. The number of benzene rings is 2. The van der Waals surface area contributed by atoms with Crippen LogP contribution in [0.4, 0.5) is 0 Å². The Hall–Kier alpha value is -6.68. The van der Waals surface area contributed by atoms with E-state index in [0.717, 1.165) is 16.0 Å². The second kappa shape index (κ2) is 32.1. The Labute approximate surface area is 478 Å². The first-order valence-corrected chi connectivity index (χ1v) is 28.7. The van der Waals surface area contributed by atoms with Gasteiger partial charge in [-0.1, -0.05) is 110 Å². The van der Waals surface area contributed by atoms with E-state index in [1.165, 1.54) is 12.2 Å². The van der Waals surface area contributed by atoms with E-state index in [9.17, 15) is 38.4 Å². The maximum absolute atomic E-state index is 14.7. The number of likely N-dealkylation sites (tertiary alicyclic amines) is 1. The molecule has 0 unspecified atom stereocenters. The molecule has 2 aliphatic rings. The Morgan fingerprint density at radius 2 is 1.36 bits per heavy atom. The number of unbranched alkanes of at least 4 members (excludes halogenated alkanes) is 2. The van der Waals surface area contributed by atoms with Crippen LogP contribution >= 0.6 is 0 Å². The zero-order valence-electron chi connectivity index (χ0n) is 49.4. The molecule has 3 aromatic rings. The van der Waals surface area contributed by atoms with E-state index in [1.54, 1.807) is 33.1 Å². The number of hydrogen-bond acceptors (Lipinski definition) is 15. The van der Waals surface area contributed by atoms with Crippen molar-refractivity contribution in [3.63, 3.8) is 0 Å². The third-order valence-corrected chi connectivity index (χ3v) is 15.7. The lowest BCUT2D eigenvalue weighted by molar-refractivity contribution is -0.144. The number of likely N-dealkylation sites (N-methyl/N-ethyl adjacent to an activating group) is 2. The van der Waals surface area contributed by atoms with Gasteiger partial charge >= 0.3 is 0 Å². The third kappa shape index (κ3) is 18.4. The highest BCUT2D eigenvalue weighted by atomic mass is 16.5. The molecule has 2 aromatic carbocycles. The van der Waals surface area contributed by atoms with E-state index in [-0.39, 0.29) is 79.0 Å². The van der Waals surface area contributed by atoms with Gasteiger partial charge in [0.1, 0.15) is 6.04 Å². The molecule has 0 aliphatic carbocycles. The molecular weight excluding hydrogens is 1040 g/mol. The van der Waals surface area contributed by atoms with Crippen LogP contribution in [0.1, 0.15) is 130 Å². The molecule has 1 fully saturated rings. The maximum Gasteiger partial charge on any atom is 0.253 e. The highest BCUT2D eigenvalue weighted by Gasteiger charge is 2.44. The van der Waals surface area contributed by atoms with Crippen molar-refractivity contribution < 1.29 is 52.2 Å². The van der Waals surface area contributed by atoms with E-state index in [0.29, 0.717) is 70.3 Å². The number of hydrogen-bond donors (Lipinski definition) is 4. The molecule has 8 amide bonds. The molecular formula is C60H88N10O11. The van der Waals surface area contributed by atoms with Crippen molar-refractivity contribution in [2.24, 2.45) is 23.7 Å². The van der Waals surface area contributed by atoms with Crippen molar-refractivity contribution in [1.82, 2.24) is 51.3 Å². The van der Waals surface area contributed by atoms with Gasteiger partial charge in [0.15, 0.2) is 0 Å². The largest absolute Gasteiger partial charge is 0.418 e. The summed E-state index contributed by atoms with van der Waals surface area (Å²) in [4.78, 5) is 113. The minimum absolute atomic E-state index is 0.00744. The summed E-state index contributed by atoms with van der Waals surface area (Å²) in [6.45, 7) is 14.6. The van der Waals surface area contributed by atoms with Crippen LogP contribution < -0.4 is 21.5 Å². The summed E-state index contributed by atoms with van der Waals surface area (Å²) in [6, 6.07) is 16.1. The summed E-state index contributed by atoms with van der Waals surface area (Å²) in [7, 11) is 6.73. The van der Waals surface area contributed by atoms with Crippen LogP contribution in [-0.4, -0.2) is 161 Å². The predicted octanol–water partition coefficient (Wildman–Crippen LogP) is 5.57. The molecule has 1 saturated heterocycles. The standard InChI is InChI=1S/C60H88N10O11/c1-12-40(6)54(68(9)53(39(4)5)58(78)62-57(77)52(38(2)3)67(8)33-23-30-48(72)64-63-47(71)29-20-15-21-34-70-49(73)31-32-50(70)74)46(79-10)37-51(75)69-35-22-28-45(69)55(80-11)41(7)56(76)61-44(36-42-24-16-13-17-25-42)60-66-65-59(81-60)43-26-18-14-19-27-43/h13-14,16-19,24-27,31-32,38-41,44-46,52-55H,12,15,20-23,28-30,33-37H2,1-11H3,(H,61,76)(H,63,71)(H,64,72)(H,62,77,78)/t40-,41+,44-,45-,46+,52-,53-,54-,55+/m0/s1. The zero-order chi connectivity index (χ0) is 59.3. The lowest BCUT2D eigenvalue weighted by Gasteiger charge is -2.43. The summed E-state index contributed by atoms with van der Waals surface area (Å²) in [5.74, 6) is -3.47. The van der Waals surface area contributed by atoms with Crippen molar-refractivity contribution in [3.05, 3.63) is 84.3 Å². The smallest absolute Gasteiger partial charge is 0.253 e. The van der Waals surface area contributed by atoms with Gasteiger partial charge in [-0.15, -0.1) is 10.2 Å². The fourth-order valence-corrected chi connectivity index (χ4v) is 11.3. The molecule has 9 atom stereocenters. The Morgan fingerprint density at radius 1 is 0.753 bits per heavy atom. The highest BCUT2D eigenvalue weighted by molar-refractivity contribution is 6.12. The summed E-state index contributed by atoms with van der Waals surface area (Å²) in [5.41, 5.74) is 6.58. The number of amides is 8. The van der Waals surface area contributed by atoms with Gasteiger partial charge in [0.2, 0.25) is 47.2 Å². The number of carbonyl (C=O) groups is 8. The molecule has 21 heteroatoms. The van der Waals surface area contributed by atoms with E-state index in [1.807, 2.05) is 112 Å². The van der Waals surface area contributed by atoms with Gasteiger partial charge in [0.05, 0.1) is 42.7 Å². The lowest BCUT2D eigenvalue weighted by atomic mass is 9.87. The van der Waals surface area contributed by atoms with Gasteiger partial charge in [-0.2, -0.15) is 0 Å². The first-order chi connectivity index (χ1) is 38.7. The molecule has 81 heavy (non-hydrogen) atoms. The number of nitrogens with zero attached hydrogens (tertiary/aromatic N) is 6. The lowest BCUT2D eigenvalue weighted by Crippen LogP contribution is -2.60. The number of ether oxygens (including phenoxy) is 2. The minimum atomic E-state index is -0.791. The Kier molecular flexibility index (Phi) is 25.8. The van der Waals surface area contributed by atoms with E-state index >= 15 is 0 Å². The Bertz CT molecular complexity index is 2560. The van der Waals surface area contributed by atoms with E-state index in [2.05, 4.69) is 38.6 Å². The molecule has 0 saturated carbocycles. The molecule has 2 aliphatic heterocycles. The molecule has 0 bridgehead atoms. The molecule has 444 valence electrons. The quantitative estimate of drug-likeness (QED) is 0.0339. The fraction of sp³-hybridized carbons (Fsp3) is 0.600. The summed E-state index contributed by atoms with van der Waals surface area (Å²) < 4.78 is 18.5.